The first-order valence-corrected chi connectivity index (χ1v) is 5.48. The minimum atomic E-state index is 0.252. The van der Waals surface area contributed by atoms with E-state index in [9.17, 15) is 4.79 Å². The van der Waals surface area contributed by atoms with Gasteiger partial charge in [-0.2, -0.15) is 0 Å². The molecule has 0 saturated carbocycles. The van der Waals surface area contributed by atoms with E-state index < -0.39 is 0 Å². The Labute approximate surface area is 81.1 Å². The molecule has 2 unspecified atom stereocenters. The lowest BCUT2D eigenvalue weighted by Crippen LogP contribution is -2.36. The van der Waals surface area contributed by atoms with Gasteiger partial charge in [-0.3, -0.25) is 4.79 Å². The molecule has 0 aromatic heterocycles. The zero-order valence-corrected chi connectivity index (χ0v) is 9.02. The SMILES string of the molecule is CCCC1(CC)CC(=O)NC1CC. The van der Waals surface area contributed by atoms with Crippen molar-refractivity contribution >= 4 is 5.91 Å². The smallest absolute Gasteiger partial charge is 0.220 e. The fraction of sp³-hybridized carbons (Fsp3) is 0.909. The normalized spacial score (nSPS) is 33.5. The quantitative estimate of drug-likeness (QED) is 0.712. The maximum absolute atomic E-state index is 11.4. The molecule has 2 heteroatoms. The Morgan fingerprint density at radius 3 is 2.62 bits per heavy atom. The Morgan fingerprint density at radius 2 is 2.15 bits per heavy atom. The molecule has 76 valence electrons. The molecule has 1 saturated heterocycles. The van der Waals surface area contributed by atoms with Gasteiger partial charge in [-0.05, 0) is 24.7 Å². The van der Waals surface area contributed by atoms with Crippen molar-refractivity contribution in [3.05, 3.63) is 0 Å². The van der Waals surface area contributed by atoms with Crippen molar-refractivity contribution in [1.82, 2.24) is 5.32 Å². The molecule has 1 rings (SSSR count). The maximum Gasteiger partial charge on any atom is 0.220 e. The van der Waals surface area contributed by atoms with Gasteiger partial charge in [0.1, 0.15) is 0 Å². The molecule has 0 bridgehead atoms. The van der Waals surface area contributed by atoms with Crippen molar-refractivity contribution < 1.29 is 4.79 Å². The number of carbonyl (C=O) groups is 1. The Morgan fingerprint density at radius 1 is 1.46 bits per heavy atom. The minimum Gasteiger partial charge on any atom is -0.353 e. The predicted molar refractivity (Wildman–Crippen MR) is 54.5 cm³/mol. The summed E-state index contributed by atoms with van der Waals surface area (Å²) in [5, 5.41) is 3.09. The Bertz CT molecular complexity index is 191. The van der Waals surface area contributed by atoms with E-state index in [0.29, 0.717) is 6.04 Å². The minimum absolute atomic E-state index is 0.252. The molecule has 1 N–H and O–H groups in total. The van der Waals surface area contributed by atoms with Crippen LogP contribution in [-0.2, 0) is 4.79 Å². The first-order valence-electron chi connectivity index (χ1n) is 5.48. The third-order valence-electron chi connectivity index (χ3n) is 3.45. The summed E-state index contributed by atoms with van der Waals surface area (Å²) < 4.78 is 0. The molecular formula is C11H21NO. The van der Waals surface area contributed by atoms with Crippen LogP contribution in [-0.4, -0.2) is 11.9 Å². The lowest BCUT2D eigenvalue weighted by Gasteiger charge is -2.32. The standard InChI is InChI=1S/C11H21NO/c1-4-7-11(6-3)8-10(13)12-9(11)5-2/h9H,4-8H2,1-3H3,(H,12,13). The van der Waals surface area contributed by atoms with Crippen LogP contribution in [0, 0.1) is 5.41 Å². The molecule has 0 aromatic carbocycles. The molecule has 0 spiro atoms. The highest BCUT2D eigenvalue weighted by molar-refractivity contribution is 5.79. The van der Waals surface area contributed by atoms with Gasteiger partial charge in [0.15, 0.2) is 0 Å². The van der Waals surface area contributed by atoms with E-state index in [1.165, 1.54) is 12.8 Å². The molecule has 1 aliphatic heterocycles. The third kappa shape index (κ3) is 1.87. The highest BCUT2D eigenvalue weighted by Crippen LogP contribution is 2.41. The van der Waals surface area contributed by atoms with Crippen molar-refractivity contribution in [2.45, 2.75) is 58.9 Å². The number of hydrogen-bond acceptors (Lipinski definition) is 1. The predicted octanol–water partition coefficient (Wildman–Crippen LogP) is 2.48. The zero-order chi connectivity index (χ0) is 9.90. The highest BCUT2D eigenvalue weighted by Gasteiger charge is 2.43. The topological polar surface area (TPSA) is 29.1 Å². The monoisotopic (exact) mass is 183 g/mol. The molecular weight excluding hydrogens is 162 g/mol. The van der Waals surface area contributed by atoms with Crippen LogP contribution < -0.4 is 5.32 Å². The molecule has 1 fully saturated rings. The number of carbonyl (C=O) groups excluding carboxylic acids is 1. The molecule has 13 heavy (non-hydrogen) atoms. The molecule has 0 radical (unpaired) electrons. The van der Waals surface area contributed by atoms with E-state index >= 15 is 0 Å². The van der Waals surface area contributed by atoms with Crippen LogP contribution in [0.25, 0.3) is 0 Å². The molecule has 1 aliphatic rings. The van der Waals surface area contributed by atoms with Crippen LogP contribution in [0.15, 0.2) is 0 Å². The molecule has 0 aromatic rings. The fourth-order valence-corrected chi connectivity index (χ4v) is 2.69. The van der Waals surface area contributed by atoms with E-state index in [4.69, 9.17) is 0 Å². The van der Waals surface area contributed by atoms with Gasteiger partial charge < -0.3 is 5.32 Å². The van der Waals surface area contributed by atoms with E-state index in [-0.39, 0.29) is 11.3 Å². The van der Waals surface area contributed by atoms with E-state index in [1.807, 2.05) is 0 Å². The first-order chi connectivity index (χ1) is 6.18. The molecule has 2 atom stereocenters. The zero-order valence-electron chi connectivity index (χ0n) is 9.02. The fourth-order valence-electron chi connectivity index (χ4n) is 2.69. The third-order valence-corrected chi connectivity index (χ3v) is 3.45. The van der Waals surface area contributed by atoms with Gasteiger partial charge >= 0.3 is 0 Å². The van der Waals surface area contributed by atoms with Gasteiger partial charge in [-0.15, -0.1) is 0 Å². The summed E-state index contributed by atoms with van der Waals surface area (Å²) in [5.74, 6) is 0.252. The first kappa shape index (κ1) is 10.6. The lowest BCUT2D eigenvalue weighted by atomic mass is 9.73. The van der Waals surface area contributed by atoms with Gasteiger partial charge in [0.2, 0.25) is 5.91 Å². The van der Waals surface area contributed by atoms with E-state index in [0.717, 1.165) is 19.3 Å². The van der Waals surface area contributed by atoms with Crippen LogP contribution >= 0.6 is 0 Å². The second-order valence-electron chi connectivity index (χ2n) is 4.17. The molecule has 1 amide bonds. The Hall–Kier alpha value is -0.530. The van der Waals surface area contributed by atoms with Crippen LogP contribution in [0.2, 0.25) is 0 Å². The second-order valence-corrected chi connectivity index (χ2v) is 4.17. The molecule has 1 heterocycles. The maximum atomic E-state index is 11.4. The van der Waals surface area contributed by atoms with Crippen LogP contribution in [0.3, 0.4) is 0 Å². The summed E-state index contributed by atoms with van der Waals surface area (Å²) in [6, 6.07) is 0.421. The van der Waals surface area contributed by atoms with Gasteiger partial charge in [0.05, 0.1) is 0 Å². The number of amides is 1. The van der Waals surface area contributed by atoms with Gasteiger partial charge in [-0.1, -0.05) is 27.2 Å². The van der Waals surface area contributed by atoms with Crippen molar-refractivity contribution in [3.63, 3.8) is 0 Å². The lowest BCUT2D eigenvalue weighted by molar-refractivity contribution is -0.119. The highest BCUT2D eigenvalue weighted by atomic mass is 16.2. The summed E-state index contributed by atoms with van der Waals surface area (Å²) in [6.07, 6.45) is 5.30. The van der Waals surface area contributed by atoms with Gasteiger partial charge in [0, 0.05) is 12.5 Å². The number of nitrogens with one attached hydrogen (secondary N) is 1. The van der Waals surface area contributed by atoms with Crippen molar-refractivity contribution in [1.29, 1.82) is 0 Å². The number of hydrogen-bond donors (Lipinski definition) is 1. The van der Waals surface area contributed by atoms with E-state index in [2.05, 4.69) is 26.1 Å². The summed E-state index contributed by atoms with van der Waals surface area (Å²) in [4.78, 5) is 11.4. The summed E-state index contributed by atoms with van der Waals surface area (Å²) in [7, 11) is 0. The Kier molecular flexibility index (Phi) is 3.34. The molecule has 0 aliphatic carbocycles. The van der Waals surface area contributed by atoms with Crippen LogP contribution in [0.1, 0.15) is 52.9 Å². The summed E-state index contributed by atoms with van der Waals surface area (Å²) in [5.41, 5.74) is 0.264. The van der Waals surface area contributed by atoms with Gasteiger partial charge in [-0.25, -0.2) is 0 Å². The van der Waals surface area contributed by atoms with E-state index in [1.54, 1.807) is 0 Å². The average molecular weight is 183 g/mol. The van der Waals surface area contributed by atoms with Crippen LogP contribution in [0.5, 0.6) is 0 Å². The van der Waals surface area contributed by atoms with Gasteiger partial charge in [0.25, 0.3) is 0 Å². The van der Waals surface area contributed by atoms with Crippen molar-refractivity contribution in [2.75, 3.05) is 0 Å². The van der Waals surface area contributed by atoms with Crippen LogP contribution in [0.4, 0.5) is 0 Å². The summed E-state index contributed by atoms with van der Waals surface area (Å²) >= 11 is 0. The summed E-state index contributed by atoms with van der Waals surface area (Å²) in [6.45, 7) is 6.57. The largest absolute Gasteiger partial charge is 0.353 e. The number of rotatable bonds is 4. The van der Waals surface area contributed by atoms with Crippen molar-refractivity contribution in [2.24, 2.45) is 5.41 Å². The second kappa shape index (κ2) is 4.12. The van der Waals surface area contributed by atoms with Crippen molar-refractivity contribution in [3.8, 4) is 0 Å². The average Bonchev–Trinajstić information content (AvgIpc) is 2.43. The molecule has 2 nitrogen and oxygen atoms in total. The Balaban J connectivity index is 2.76.